The summed E-state index contributed by atoms with van der Waals surface area (Å²) in [6.45, 7) is 0.706. The van der Waals surface area contributed by atoms with Gasteiger partial charge in [0, 0.05) is 31.4 Å². The normalized spacial score (nSPS) is 17.5. The molecule has 0 bridgehead atoms. The molecule has 1 saturated heterocycles. The van der Waals surface area contributed by atoms with Gasteiger partial charge in [0.1, 0.15) is 18.1 Å². The van der Waals surface area contributed by atoms with Crippen LogP contribution in [0.5, 0.6) is 0 Å². The number of nitrogens with two attached hydrogens (primary N) is 3. The summed E-state index contributed by atoms with van der Waals surface area (Å²) in [6, 6.07) is -3.78. The molecular formula is C22H37N9O5S. The van der Waals surface area contributed by atoms with Gasteiger partial charge in [-0.1, -0.05) is 0 Å². The van der Waals surface area contributed by atoms with Crippen molar-refractivity contribution >= 4 is 41.4 Å². The first-order valence-electron chi connectivity index (χ1n) is 12.0. The van der Waals surface area contributed by atoms with Gasteiger partial charge < -0.3 is 42.8 Å². The predicted molar refractivity (Wildman–Crippen MR) is 139 cm³/mol. The molecule has 4 atom stereocenters. The molecule has 2 heterocycles. The van der Waals surface area contributed by atoms with Gasteiger partial charge in [-0.05, 0) is 44.1 Å². The number of H-pyrrole nitrogens is 1. The lowest BCUT2D eigenvalue weighted by molar-refractivity contribution is -0.143. The first kappa shape index (κ1) is 29.9. The number of carbonyl (C=O) groups excluding carboxylic acids is 3. The molecule has 0 aromatic carbocycles. The Bertz CT molecular complexity index is 939. The van der Waals surface area contributed by atoms with Gasteiger partial charge >= 0.3 is 5.97 Å². The zero-order valence-electron chi connectivity index (χ0n) is 20.9. The van der Waals surface area contributed by atoms with Crippen LogP contribution >= 0.6 is 11.8 Å². The number of hydrogen-bond donors (Lipinski definition) is 7. The van der Waals surface area contributed by atoms with E-state index < -0.39 is 42.0 Å². The zero-order valence-corrected chi connectivity index (χ0v) is 21.7. The average molecular weight is 540 g/mol. The number of carboxylic acid groups (broad SMARTS) is 1. The average Bonchev–Trinajstić information content (AvgIpc) is 3.55. The van der Waals surface area contributed by atoms with Crippen LogP contribution in [-0.2, 0) is 25.6 Å². The molecule has 0 saturated carbocycles. The highest BCUT2D eigenvalue weighted by molar-refractivity contribution is 7.98. The number of aliphatic carboxylic acids is 1. The Morgan fingerprint density at radius 1 is 1.27 bits per heavy atom. The SMILES string of the molecule is CSCCC(NC(=O)C(Cc1cnc[nH]1)NC(=O)C1CCCN1C(=O)C(N)CCCN=C(N)N)C(=O)O. The Morgan fingerprint density at radius 3 is 2.65 bits per heavy atom. The van der Waals surface area contributed by atoms with Crippen LogP contribution in [0.15, 0.2) is 17.5 Å². The largest absolute Gasteiger partial charge is 0.480 e. The number of carboxylic acids is 1. The lowest BCUT2D eigenvalue weighted by Gasteiger charge is -2.28. The summed E-state index contributed by atoms with van der Waals surface area (Å²) in [7, 11) is 0. The van der Waals surface area contributed by atoms with Gasteiger partial charge in [0.2, 0.25) is 17.7 Å². The number of rotatable bonds is 15. The molecule has 1 fully saturated rings. The first-order chi connectivity index (χ1) is 17.6. The Labute approximate surface area is 219 Å². The minimum atomic E-state index is -1.16. The fourth-order valence-electron chi connectivity index (χ4n) is 4.02. The van der Waals surface area contributed by atoms with Gasteiger partial charge in [-0.25, -0.2) is 9.78 Å². The smallest absolute Gasteiger partial charge is 0.326 e. The standard InChI is InChI=1S/C22H37N9O5S/c1-37-9-6-15(21(35)36)29-18(32)16(10-13-11-26-12-28-13)30-19(33)17-5-3-8-31(17)20(34)14(23)4-2-7-27-22(24)25/h11-12,14-17H,2-10,23H2,1H3,(H,26,28)(H,29,32)(H,30,33)(H,35,36)(H4,24,25,27). The summed E-state index contributed by atoms with van der Waals surface area (Å²) in [5, 5.41) is 14.7. The predicted octanol–water partition coefficient (Wildman–Crippen LogP) is -1.87. The summed E-state index contributed by atoms with van der Waals surface area (Å²) in [4.78, 5) is 63.0. The molecule has 1 aliphatic heterocycles. The topological polar surface area (TPSA) is 235 Å². The van der Waals surface area contributed by atoms with Gasteiger partial charge in [0.15, 0.2) is 5.96 Å². The van der Waals surface area contributed by atoms with Gasteiger partial charge in [-0.15, -0.1) is 0 Å². The number of aromatic amines is 1. The number of amides is 3. The fraction of sp³-hybridized carbons (Fsp3) is 0.636. The highest BCUT2D eigenvalue weighted by atomic mass is 32.2. The minimum Gasteiger partial charge on any atom is -0.480 e. The Morgan fingerprint density at radius 2 is 2.03 bits per heavy atom. The molecule has 0 radical (unpaired) electrons. The highest BCUT2D eigenvalue weighted by Gasteiger charge is 2.38. The number of hydrogen-bond acceptors (Lipinski definition) is 8. The van der Waals surface area contributed by atoms with Crippen molar-refractivity contribution in [2.75, 3.05) is 25.1 Å². The number of likely N-dealkylation sites (tertiary alicyclic amines) is 1. The van der Waals surface area contributed by atoms with E-state index in [1.54, 1.807) is 0 Å². The third-order valence-electron chi connectivity index (χ3n) is 5.96. The molecule has 14 nitrogen and oxygen atoms in total. The molecular weight excluding hydrogens is 502 g/mol. The second-order valence-electron chi connectivity index (χ2n) is 8.77. The molecule has 1 aromatic rings. The molecule has 0 aliphatic carbocycles. The van der Waals surface area contributed by atoms with Gasteiger partial charge in [0.05, 0.1) is 12.4 Å². The maximum atomic E-state index is 13.2. The lowest BCUT2D eigenvalue weighted by atomic mass is 10.1. The number of imidazole rings is 1. The van der Waals surface area contributed by atoms with Crippen LogP contribution in [0.2, 0.25) is 0 Å². The van der Waals surface area contributed by atoms with Crippen molar-refractivity contribution in [3.05, 3.63) is 18.2 Å². The van der Waals surface area contributed by atoms with Gasteiger partial charge in [0.25, 0.3) is 0 Å². The van der Waals surface area contributed by atoms with Crippen molar-refractivity contribution in [3.8, 4) is 0 Å². The molecule has 10 N–H and O–H groups in total. The van der Waals surface area contributed by atoms with E-state index in [0.717, 1.165) is 0 Å². The molecule has 1 aliphatic rings. The number of aromatic nitrogens is 2. The molecule has 2 rings (SSSR count). The summed E-state index contributed by atoms with van der Waals surface area (Å²) in [6.07, 6.45) is 6.97. The fourth-order valence-corrected chi connectivity index (χ4v) is 4.49. The second kappa shape index (κ2) is 15.0. The van der Waals surface area contributed by atoms with Crippen LogP contribution in [0.3, 0.4) is 0 Å². The van der Waals surface area contributed by atoms with E-state index >= 15 is 0 Å². The summed E-state index contributed by atoms with van der Waals surface area (Å²) < 4.78 is 0. The molecule has 37 heavy (non-hydrogen) atoms. The number of guanidine groups is 1. The second-order valence-corrected chi connectivity index (χ2v) is 9.75. The van der Waals surface area contributed by atoms with Crippen molar-refractivity contribution in [1.29, 1.82) is 0 Å². The quantitative estimate of drug-likeness (QED) is 0.0744. The number of aliphatic imine (C=N–C) groups is 1. The van der Waals surface area contributed by atoms with E-state index in [4.69, 9.17) is 17.2 Å². The molecule has 4 unspecified atom stereocenters. The third-order valence-corrected chi connectivity index (χ3v) is 6.60. The zero-order chi connectivity index (χ0) is 27.4. The van der Waals surface area contributed by atoms with Gasteiger partial charge in [-0.3, -0.25) is 19.4 Å². The lowest BCUT2D eigenvalue weighted by Crippen LogP contribution is -2.57. The van der Waals surface area contributed by atoms with Crippen molar-refractivity contribution < 1.29 is 24.3 Å². The summed E-state index contributed by atoms with van der Waals surface area (Å²) >= 11 is 1.46. The van der Waals surface area contributed by atoms with Gasteiger partial charge in [-0.2, -0.15) is 11.8 Å². The van der Waals surface area contributed by atoms with Crippen LogP contribution in [0, 0.1) is 0 Å². The molecule has 206 valence electrons. The Balaban J connectivity index is 2.07. The minimum absolute atomic E-state index is 0.0381. The first-order valence-corrected chi connectivity index (χ1v) is 13.4. The van der Waals surface area contributed by atoms with Crippen LogP contribution in [0.4, 0.5) is 0 Å². The van der Waals surface area contributed by atoms with E-state index in [-0.39, 0.29) is 24.7 Å². The molecule has 1 aromatic heterocycles. The van der Waals surface area contributed by atoms with Crippen molar-refractivity contribution in [2.24, 2.45) is 22.2 Å². The number of carbonyl (C=O) groups is 4. The summed E-state index contributed by atoms with van der Waals surface area (Å²) in [5.74, 6) is -2.16. The number of nitrogens with one attached hydrogen (secondary N) is 3. The monoisotopic (exact) mass is 539 g/mol. The van der Waals surface area contributed by atoms with Crippen molar-refractivity contribution in [2.45, 2.75) is 62.7 Å². The number of thioether (sulfide) groups is 1. The van der Waals surface area contributed by atoms with Crippen LogP contribution in [0.1, 0.15) is 37.8 Å². The van der Waals surface area contributed by atoms with Crippen LogP contribution in [-0.4, -0.2) is 98.9 Å². The third kappa shape index (κ3) is 9.57. The van der Waals surface area contributed by atoms with E-state index in [1.165, 1.54) is 29.2 Å². The maximum absolute atomic E-state index is 13.2. The Hall–Kier alpha value is -3.33. The number of nitrogens with zero attached hydrogens (tertiary/aromatic N) is 3. The Kier molecular flexibility index (Phi) is 12.2. The van der Waals surface area contributed by atoms with Crippen LogP contribution in [0.25, 0.3) is 0 Å². The van der Waals surface area contributed by atoms with E-state index in [9.17, 15) is 24.3 Å². The summed E-state index contributed by atoms with van der Waals surface area (Å²) in [5.41, 5.74) is 17.3. The van der Waals surface area contributed by atoms with E-state index in [0.29, 0.717) is 50.2 Å². The van der Waals surface area contributed by atoms with Crippen LogP contribution < -0.4 is 27.8 Å². The van der Waals surface area contributed by atoms with Crippen molar-refractivity contribution in [1.82, 2.24) is 25.5 Å². The van der Waals surface area contributed by atoms with E-state index in [2.05, 4.69) is 25.6 Å². The molecule has 15 heteroatoms. The molecule has 0 spiro atoms. The maximum Gasteiger partial charge on any atom is 0.326 e. The highest BCUT2D eigenvalue weighted by Crippen LogP contribution is 2.19. The molecule has 3 amide bonds. The van der Waals surface area contributed by atoms with Crippen molar-refractivity contribution in [3.63, 3.8) is 0 Å². The van der Waals surface area contributed by atoms with E-state index in [1.807, 2.05) is 6.26 Å².